The molecule has 1 aliphatic rings. The highest BCUT2D eigenvalue weighted by molar-refractivity contribution is 9.10. The van der Waals surface area contributed by atoms with Gasteiger partial charge in [-0.15, -0.1) is 0 Å². The van der Waals surface area contributed by atoms with Gasteiger partial charge in [-0.05, 0) is 89.4 Å². The van der Waals surface area contributed by atoms with Crippen LogP contribution < -0.4 is 10.6 Å². The number of hydrogen-bond acceptors (Lipinski definition) is 2. The first-order valence-corrected chi connectivity index (χ1v) is 12.6. The molecule has 1 aromatic heterocycles. The summed E-state index contributed by atoms with van der Waals surface area (Å²) < 4.78 is 0.856. The Morgan fingerprint density at radius 3 is 2.53 bits per heavy atom. The second-order valence-corrected chi connectivity index (χ2v) is 9.79. The predicted molar refractivity (Wildman–Crippen MR) is 146 cm³/mol. The molecule has 0 spiro atoms. The van der Waals surface area contributed by atoms with Crippen LogP contribution in [0.2, 0.25) is 5.02 Å². The molecule has 0 radical (unpaired) electrons. The van der Waals surface area contributed by atoms with Gasteiger partial charge in [0.2, 0.25) is 0 Å². The number of benzene rings is 2. The minimum Gasteiger partial charge on any atom is -0.361 e. The molecule has 3 aromatic rings. The molecule has 1 aliphatic heterocycles. The molecule has 0 unspecified atom stereocenters. The zero-order chi connectivity index (χ0) is 22.7. The van der Waals surface area contributed by atoms with E-state index in [0.29, 0.717) is 16.2 Å². The van der Waals surface area contributed by atoms with Crippen molar-refractivity contribution in [2.45, 2.75) is 39.2 Å². The van der Waals surface area contributed by atoms with Gasteiger partial charge >= 0.3 is 0 Å². The van der Waals surface area contributed by atoms with E-state index in [1.54, 1.807) is 0 Å². The molecule has 0 saturated heterocycles. The highest BCUT2D eigenvalue weighted by Crippen LogP contribution is 2.32. The van der Waals surface area contributed by atoms with Gasteiger partial charge in [-0.1, -0.05) is 31.5 Å². The smallest absolute Gasteiger partial charge is 0.175 e. The van der Waals surface area contributed by atoms with Gasteiger partial charge in [-0.3, -0.25) is 4.90 Å². The lowest BCUT2D eigenvalue weighted by Crippen LogP contribution is -2.37. The second-order valence-electron chi connectivity index (χ2n) is 8.12. The third kappa shape index (κ3) is 5.20. The Morgan fingerprint density at radius 2 is 1.88 bits per heavy atom. The van der Waals surface area contributed by atoms with E-state index in [1.807, 2.05) is 24.3 Å². The van der Waals surface area contributed by atoms with Crippen molar-refractivity contribution in [1.82, 2.24) is 9.88 Å². The Hall–Kier alpha value is -1.86. The number of anilines is 2. The summed E-state index contributed by atoms with van der Waals surface area (Å²) in [6, 6.07) is 12.6. The minimum atomic E-state index is 0.525. The van der Waals surface area contributed by atoms with Crippen molar-refractivity contribution in [2.75, 3.05) is 23.7 Å². The van der Waals surface area contributed by atoms with Crippen LogP contribution in [0.4, 0.5) is 11.4 Å². The molecule has 32 heavy (non-hydrogen) atoms. The molecule has 0 atom stereocenters. The van der Waals surface area contributed by atoms with E-state index < -0.39 is 0 Å². The summed E-state index contributed by atoms with van der Waals surface area (Å²) in [5.41, 5.74) is 5.63. The van der Waals surface area contributed by atoms with Crippen molar-refractivity contribution in [3.8, 4) is 0 Å². The van der Waals surface area contributed by atoms with Crippen molar-refractivity contribution in [2.24, 2.45) is 0 Å². The quantitative estimate of drug-likeness (QED) is 0.286. The van der Waals surface area contributed by atoms with Gasteiger partial charge in [0.1, 0.15) is 0 Å². The summed E-state index contributed by atoms with van der Waals surface area (Å²) in [6.45, 7) is 6.71. The second kappa shape index (κ2) is 10.4. The standard InChI is InChI=1S/C25H28BrClN4S/c1-3-19(4-2)31-11-9-16(10-12-31)21-15-28-24-8-6-17(13-20(21)24)29-25(32)30-18-5-7-22(26)23(27)14-18/h5-9,13-15,19,28H,3-4,10-12H2,1-2H3,(H2,29,30,32). The summed E-state index contributed by atoms with van der Waals surface area (Å²) in [7, 11) is 0. The average Bonchev–Trinajstić information content (AvgIpc) is 3.21. The van der Waals surface area contributed by atoms with Crippen molar-refractivity contribution < 1.29 is 0 Å². The zero-order valence-electron chi connectivity index (χ0n) is 18.3. The Kier molecular flexibility index (Phi) is 7.56. The highest BCUT2D eigenvalue weighted by atomic mass is 79.9. The maximum absolute atomic E-state index is 6.18. The van der Waals surface area contributed by atoms with Crippen LogP contribution in [0, 0.1) is 0 Å². The van der Waals surface area contributed by atoms with Crippen molar-refractivity contribution >= 4 is 72.7 Å². The normalized spacial score (nSPS) is 14.6. The number of fused-ring (bicyclic) bond motifs is 1. The lowest BCUT2D eigenvalue weighted by atomic mass is 9.97. The summed E-state index contributed by atoms with van der Waals surface area (Å²) in [5.74, 6) is 0. The zero-order valence-corrected chi connectivity index (χ0v) is 21.5. The fourth-order valence-electron chi connectivity index (χ4n) is 4.40. The number of H-pyrrole nitrogens is 1. The number of hydrogen-bond donors (Lipinski definition) is 3. The van der Waals surface area contributed by atoms with E-state index in [-0.39, 0.29) is 0 Å². The molecule has 0 saturated carbocycles. The van der Waals surface area contributed by atoms with E-state index in [2.05, 4.69) is 74.7 Å². The largest absolute Gasteiger partial charge is 0.361 e. The van der Waals surface area contributed by atoms with E-state index in [0.717, 1.165) is 40.9 Å². The molecular formula is C25H28BrClN4S. The number of nitrogens with zero attached hydrogens (tertiary/aromatic N) is 1. The van der Waals surface area contributed by atoms with E-state index in [4.69, 9.17) is 23.8 Å². The molecule has 4 rings (SSSR count). The van der Waals surface area contributed by atoms with Gasteiger partial charge < -0.3 is 15.6 Å². The number of aromatic amines is 1. The van der Waals surface area contributed by atoms with Gasteiger partial charge in [0.05, 0.1) is 5.02 Å². The molecule has 2 aromatic carbocycles. The molecule has 168 valence electrons. The Balaban J connectivity index is 1.49. The van der Waals surface area contributed by atoms with Crippen LogP contribution in [-0.4, -0.2) is 34.1 Å². The summed E-state index contributed by atoms with van der Waals surface area (Å²) in [5, 5.41) is 8.87. The van der Waals surface area contributed by atoms with Gasteiger partial charge in [0.25, 0.3) is 0 Å². The van der Waals surface area contributed by atoms with Crippen LogP contribution in [0.15, 0.2) is 53.1 Å². The van der Waals surface area contributed by atoms with E-state index >= 15 is 0 Å². The monoisotopic (exact) mass is 530 g/mol. The summed E-state index contributed by atoms with van der Waals surface area (Å²) in [4.78, 5) is 6.02. The Morgan fingerprint density at radius 1 is 1.16 bits per heavy atom. The van der Waals surface area contributed by atoms with E-state index in [9.17, 15) is 0 Å². The van der Waals surface area contributed by atoms with Gasteiger partial charge in [-0.2, -0.15) is 0 Å². The molecule has 0 aliphatic carbocycles. The molecule has 0 bridgehead atoms. The predicted octanol–water partition coefficient (Wildman–Crippen LogP) is 7.67. The number of aromatic nitrogens is 1. The molecule has 0 amide bonds. The van der Waals surface area contributed by atoms with Crippen LogP contribution in [0.5, 0.6) is 0 Å². The van der Waals surface area contributed by atoms with Crippen molar-refractivity contribution in [3.05, 3.63) is 63.7 Å². The molecule has 0 fully saturated rings. The third-order valence-corrected chi connectivity index (χ3v) is 7.60. The molecular weight excluding hydrogens is 504 g/mol. The summed E-state index contributed by atoms with van der Waals surface area (Å²) >= 11 is 15.1. The van der Waals surface area contributed by atoms with Crippen LogP contribution in [0.1, 0.15) is 38.7 Å². The van der Waals surface area contributed by atoms with Crippen LogP contribution in [0.25, 0.3) is 16.5 Å². The topological polar surface area (TPSA) is 43.1 Å². The molecule has 7 heteroatoms. The number of rotatable bonds is 6. The van der Waals surface area contributed by atoms with Crippen LogP contribution in [0.3, 0.4) is 0 Å². The SMILES string of the molecule is CCC(CC)N1CC=C(c2c[nH]c3ccc(NC(=S)Nc4ccc(Br)c(Cl)c4)cc23)CC1. The van der Waals surface area contributed by atoms with Gasteiger partial charge in [0, 0.05) is 57.6 Å². The lowest BCUT2D eigenvalue weighted by molar-refractivity contribution is 0.205. The molecule has 4 nitrogen and oxygen atoms in total. The first-order chi connectivity index (χ1) is 15.5. The molecule has 3 N–H and O–H groups in total. The number of thiocarbonyl (C=S) groups is 1. The maximum Gasteiger partial charge on any atom is 0.175 e. The van der Waals surface area contributed by atoms with Crippen LogP contribution in [-0.2, 0) is 0 Å². The number of nitrogens with one attached hydrogen (secondary N) is 3. The fraction of sp³-hybridized carbons (Fsp3) is 0.320. The fourth-order valence-corrected chi connectivity index (χ4v) is 5.06. The van der Waals surface area contributed by atoms with Gasteiger partial charge in [0.15, 0.2) is 5.11 Å². The van der Waals surface area contributed by atoms with E-state index in [1.165, 1.54) is 29.4 Å². The first kappa shape index (κ1) is 23.3. The Bertz CT molecular complexity index is 1150. The molecule has 2 heterocycles. The lowest BCUT2D eigenvalue weighted by Gasteiger charge is -2.33. The summed E-state index contributed by atoms with van der Waals surface area (Å²) in [6.07, 6.45) is 8.03. The first-order valence-electron chi connectivity index (χ1n) is 11.1. The maximum atomic E-state index is 6.18. The third-order valence-electron chi connectivity index (χ3n) is 6.16. The van der Waals surface area contributed by atoms with Crippen LogP contribution >= 0.6 is 39.7 Å². The minimum absolute atomic E-state index is 0.525. The average molecular weight is 532 g/mol. The van der Waals surface area contributed by atoms with Crippen molar-refractivity contribution in [3.63, 3.8) is 0 Å². The number of halogens is 2. The van der Waals surface area contributed by atoms with Gasteiger partial charge in [-0.25, -0.2) is 0 Å². The Labute approximate surface area is 208 Å². The highest BCUT2D eigenvalue weighted by Gasteiger charge is 2.20. The van der Waals surface area contributed by atoms with Crippen molar-refractivity contribution in [1.29, 1.82) is 0 Å².